The molecule has 2 aromatic carbocycles. The molecular formula is C63H90ClN13O19S. The predicted molar refractivity (Wildman–Crippen MR) is 351 cm³/mol. The minimum Gasteiger partial charge on any atom is -0.493 e. The van der Waals surface area contributed by atoms with Gasteiger partial charge in [0, 0.05) is 56.1 Å². The number of halogens is 1. The lowest BCUT2D eigenvalue weighted by Crippen LogP contribution is -2.61. The molecule has 0 bridgehead atoms. The molecule has 2 saturated heterocycles. The highest BCUT2D eigenvalue weighted by Gasteiger charge is 2.54. The van der Waals surface area contributed by atoms with Crippen LogP contribution in [0.4, 0.5) is 0 Å². The van der Waals surface area contributed by atoms with Crippen LogP contribution in [-0.4, -0.2) is 189 Å². The summed E-state index contributed by atoms with van der Waals surface area (Å²) in [5.74, 6) is -12.4. The standard InChI is InChI=1S/C63H90ClN13O19S/c1-8-30(3)51(59(86)70-5)75-57(84)37(13-10-11-18-65)74-60(87)52(31(4)9-2)76-58(85)39(15-16-45(67)78)73-56(83)38(14-12-19-71-63(68)69)72-55(82)36(66)28-97-44-25-46(79)77(61(44)88)20-17-47(80)95-53-34-24-41-40(93-29-94-41)23-33(34)49(50-35(53)27-92-62(50)89)32-21-42(90-6)54(43(22-32)91-7)96-48(81)26-64/h21-24,30-31,35-39,44,49-53H,8-20,25-29,65-66H2,1-7H3,(H2,67,78)(H,70,86)(H,72,82)(H,73,83)(H,74,87)(H,75,84)(H,76,85)(H4,68,69,71)/t30?,31?,35-,36-,37-,38-,39-,44?,49+,50-,51-,52-,53+/m0/s1. The number of likely N-dealkylation sites (N-methyl/N-ethyl adjacent to an activating group) is 1. The molecule has 3 aliphatic heterocycles. The fraction of sp³-hybridized carbons (Fsp3) is 0.603. The van der Waals surface area contributed by atoms with E-state index in [9.17, 15) is 57.5 Å². The first-order chi connectivity index (χ1) is 46.2. The second-order valence-corrected chi connectivity index (χ2v) is 25.5. The fourth-order valence-corrected chi connectivity index (χ4v) is 12.8. The van der Waals surface area contributed by atoms with Gasteiger partial charge in [-0.2, -0.15) is 0 Å². The van der Waals surface area contributed by atoms with Crippen LogP contribution in [0, 0.1) is 23.7 Å². The van der Waals surface area contributed by atoms with Gasteiger partial charge in [-0.3, -0.25) is 67.4 Å². The lowest BCUT2D eigenvalue weighted by molar-refractivity contribution is -0.155. The summed E-state index contributed by atoms with van der Waals surface area (Å²) in [4.78, 5) is 168. The van der Waals surface area contributed by atoms with Crippen molar-refractivity contribution >= 4 is 100 Å². The third kappa shape index (κ3) is 20.2. The lowest BCUT2D eigenvalue weighted by atomic mass is 9.66. The molecule has 4 aliphatic rings. The van der Waals surface area contributed by atoms with Crippen molar-refractivity contribution in [2.24, 2.45) is 57.3 Å². The number of amides is 9. The summed E-state index contributed by atoms with van der Waals surface area (Å²) < 4.78 is 39.9. The van der Waals surface area contributed by atoms with Crippen molar-refractivity contribution in [2.75, 3.05) is 65.9 Å². The van der Waals surface area contributed by atoms with Crippen molar-refractivity contribution in [1.29, 1.82) is 0 Å². The Hall–Kier alpha value is -8.69. The number of unbranched alkanes of at least 4 members (excludes halogenated alkanes) is 1. The van der Waals surface area contributed by atoms with Crippen molar-refractivity contribution in [3.63, 3.8) is 0 Å². The zero-order chi connectivity index (χ0) is 71.4. The number of benzene rings is 2. The monoisotopic (exact) mass is 1400 g/mol. The number of hydrogen-bond donors (Lipinski definition) is 11. The molecule has 97 heavy (non-hydrogen) atoms. The average Bonchev–Trinajstić information content (AvgIpc) is 1.68. The molecule has 3 unspecified atom stereocenters. The number of nitrogens with two attached hydrogens (primary N) is 5. The van der Waals surface area contributed by atoms with E-state index < -0.39 is 168 Å². The Kier molecular flexibility index (Phi) is 29.2. The Bertz CT molecular complexity index is 3240. The van der Waals surface area contributed by atoms with E-state index in [0.717, 1.165) is 16.7 Å². The van der Waals surface area contributed by atoms with Crippen molar-refractivity contribution < 1.29 is 90.7 Å². The van der Waals surface area contributed by atoms with E-state index in [1.54, 1.807) is 45.0 Å². The number of primary amides is 1. The van der Waals surface area contributed by atoms with Crippen LogP contribution in [0.15, 0.2) is 29.3 Å². The SMILES string of the molecule is CCC(C)[C@H](NC(=O)[C@H](CCCCN)NC(=O)[C@@H](NC(=O)[C@H](CCC(N)=O)NC(=O)[C@H](CCCN=C(N)N)NC(=O)[C@@H](N)CSC1CC(=O)N(CCC(=O)O[C@@H]2c3cc4c(cc3[C@@H](c3cc(OC)c(OC(=O)CCl)c(OC)c3)[C@H]3C(=O)OC[C@@H]32)OCO4)C1=O)C(C)CC)C(=O)NC. The van der Waals surface area contributed by atoms with Crippen LogP contribution >= 0.6 is 23.4 Å². The largest absolute Gasteiger partial charge is 0.493 e. The zero-order valence-electron chi connectivity index (χ0n) is 55.4. The maximum Gasteiger partial charge on any atom is 0.326 e. The molecule has 0 spiro atoms. The minimum absolute atomic E-state index is 0.00286. The first-order valence-electron chi connectivity index (χ1n) is 32.0. The molecule has 13 atom stereocenters. The van der Waals surface area contributed by atoms with Gasteiger partial charge in [-0.05, 0) is 92.3 Å². The summed E-state index contributed by atoms with van der Waals surface area (Å²) in [6.45, 7) is 6.74. The van der Waals surface area contributed by atoms with E-state index in [2.05, 4.69) is 36.9 Å². The number of rotatable bonds is 38. The van der Waals surface area contributed by atoms with Gasteiger partial charge >= 0.3 is 17.9 Å². The van der Waals surface area contributed by atoms with Crippen LogP contribution in [0.1, 0.15) is 127 Å². The normalized spacial score (nSPS) is 19.9. The number of alkyl halides is 1. The summed E-state index contributed by atoms with van der Waals surface area (Å²) in [6, 6.07) is -1.26. The fourth-order valence-electron chi connectivity index (χ4n) is 11.7. The molecule has 34 heteroatoms. The van der Waals surface area contributed by atoms with E-state index in [1.165, 1.54) is 21.3 Å². The molecule has 1 aliphatic carbocycles. The number of nitrogens with zero attached hydrogens (tertiary/aromatic N) is 2. The maximum absolute atomic E-state index is 14.3. The molecule has 3 heterocycles. The molecule has 2 aromatic rings. The van der Waals surface area contributed by atoms with Crippen LogP contribution in [0.5, 0.6) is 28.7 Å². The van der Waals surface area contributed by atoms with Crippen molar-refractivity contribution in [2.45, 2.75) is 152 Å². The first-order valence-corrected chi connectivity index (χ1v) is 33.6. The number of hydrogen-bond acceptors (Lipinski definition) is 23. The summed E-state index contributed by atoms with van der Waals surface area (Å²) in [5, 5.41) is 14.8. The molecule has 16 N–H and O–H groups in total. The highest BCUT2D eigenvalue weighted by atomic mass is 35.5. The van der Waals surface area contributed by atoms with Crippen LogP contribution in [0.3, 0.4) is 0 Å². The van der Waals surface area contributed by atoms with E-state index in [4.69, 9.17) is 73.4 Å². The van der Waals surface area contributed by atoms with Crippen molar-refractivity contribution in [1.82, 2.24) is 36.8 Å². The van der Waals surface area contributed by atoms with E-state index >= 15 is 0 Å². The number of methoxy groups -OCH3 is 2. The van der Waals surface area contributed by atoms with Gasteiger partial charge < -0.3 is 93.7 Å². The number of thioether (sulfide) groups is 1. The van der Waals surface area contributed by atoms with E-state index in [1.807, 2.05) is 6.92 Å². The van der Waals surface area contributed by atoms with Crippen LogP contribution in [-0.2, 0) is 67.0 Å². The Balaban J connectivity index is 1.12. The smallest absolute Gasteiger partial charge is 0.326 e. The molecule has 534 valence electrons. The lowest BCUT2D eigenvalue weighted by Gasteiger charge is -2.38. The van der Waals surface area contributed by atoms with E-state index in [-0.39, 0.29) is 86.9 Å². The number of carbonyl (C=O) groups is 12. The number of likely N-dealkylation sites (tertiary alicyclic amines) is 1. The van der Waals surface area contributed by atoms with Gasteiger partial charge in [0.25, 0.3) is 0 Å². The quantitative estimate of drug-likeness (QED) is 0.00759. The number of carbonyl (C=O) groups excluding carboxylic acids is 12. The number of ether oxygens (including phenoxy) is 7. The molecule has 9 amide bonds. The third-order valence-corrected chi connectivity index (χ3v) is 18.9. The van der Waals surface area contributed by atoms with Gasteiger partial charge in [-0.15, -0.1) is 23.4 Å². The highest BCUT2D eigenvalue weighted by Crippen LogP contribution is 2.57. The number of guanidine groups is 1. The Morgan fingerprint density at radius 1 is 0.722 bits per heavy atom. The van der Waals surface area contributed by atoms with Crippen LogP contribution in [0.25, 0.3) is 0 Å². The summed E-state index contributed by atoms with van der Waals surface area (Å²) in [6.07, 6.45) is -0.710. The summed E-state index contributed by atoms with van der Waals surface area (Å²) in [5.41, 5.74) is 30.1. The number of imide groups is 1. The highest BCUT2D eigenvalue weighted by molar-refractivity contribution is 8.00. The molecule has 6 rings (SSSR count). The molecule has 0 aromatic heterocycles. The van der Waals surface area contributed by atoms with Crippen molar-refractivity contribution in [3.05, 3.63) is 41.0 Å². The molecule has 32 nitrogen and oxygen atoms in total. The molecule has 0 radical (unpaired) electrons. The van der Waals surface area contributed by atoms with Crippen LogP contribution in [0.2, 0.25) is 0 Å². The molecule has 0 saturated carbocycles. The maximum atomic E-state index is 14.3. The number of aliphatic imine (C=N–C) groups is 1. The van der Waals surface area contributed by atoms with Gasteiger partial charge in [-0.25, -0.2) is 0 Å². The summed E-state index contributed by atoms with van der Waals surface area (Å²) >= 11 is 6.62. The Labute approximate surface area is 570 Å². The van der Waals surface area contributed by atoms with Gasteiger partial charge in [0.05, 0.1) is 44.5 Å². The molecule has 2 fully saturated rings. The number of esters is 3. The second kappa shape index (κ2) is 36.6. The number of nitrogens with one attached hydrogen (secondary N) is 6. The topological polar surface area (TPSA) is 487 Å². The third-order valence-electron chi connectivity index (χ3n) is 17.4. The predicted octanol–water partition coefficient (Wildman–Crippen LogP) is -0.616. The van der Waals surface area contributed by atoms with Gasteiger partial charge in [0.15, 0.2) is 29.0 Å². The second-order valence-electron chi connectivity index (χ2n) is 24.0. The number of cyclic esters (lactones) is 1. The van der Waals surface area contributed by atoms with Gasteiger partial charge in [0.2, 0.25) is 65.7 Å². The molecular weight excluding hydrogens is 1310 g/mol. The number of fused-ring (bicyclic) bond motifs is 3. The first kappa shape index (κ1) is 77.3. The minimum atomic E-state index is -1.53. The van der Waals surface area contributed by atoms with Crippen molar-refractivity contribution in [3.8, 4) is 28.7 Å². The van der Waals surface area contributed by atoms with E-state index in [0.29, 0.717) is 60.4 Å². The zero-order valence-corrected chi connectivity index (χ0v) is 56.9. The Morgan fingerprint density at radius 2 is 1.29 bits per heavy atom. The Morgan fingerprint density at radius 3 is 1.86 bits per heavy atom. The average molecular weight is 1400 g/mol. The van der Waals surface area contributed by atoms with Crippen LogP contribution < -0.4 is 84.3 Å². The summed E-state index contributed by atoms with van der Waals surface area (Å²) in [7, 11) is 4.14. The van der Waals surface area contributed by atoms with Gasteiger partial charge in [0.1, 0.15) is 42.2 Å². The van der Waals surface area contributed by atoms with Gasteiger partial charge in [-0.1, -0.05) is 40.5 Å².